The van der Waals surface area contributed by atoms with Crippen molar-refractivity contribution in [1.82, 2.24) is 0 Å². The summed E-state index contributed by atoms with van der Waals surface area (Å²) in [5.41, 5.74) is 2.10. The Morgan fingerprint density at radius 2 is 1.89 bits per heavy atom. The van der Waals surface area contributed by atoms with E-state index in [1.807, 2.05) is 13.8 Å². The SMILES string of the molecule is CCC(CC)C(=O)Nc1ccc2c(c1)OCC(=O)N2Cc1ccc(F)cc1. The molecular weight excluding hydrogens is 347 g/mol. The number of carbonyl (C=O) groups excluding carboxylic acids is 2. The molecule has 2 aromatic carbocycles. The number of rotatable bonds is 6. The van der Waals surface area contributed by atoms with Gasteiger partial charge in [0, 0.05) is 17.7 Å². The summed E-state index contributed by atoms with van der Waals surface area (Å²) in [6, 6.07) is 11.3. The van der Waals surface area contributed by atoms with Crippen LogP contribution in [0.1, 0.15) is 32.3 Å². The monoisotopic (exact) mass is 370 g/mol. The summed E-state index contributed by atoms with van der Waals surface area (Å²) < 4.78 is 18.7. The molecule has 1 aliphatic rings. The van der Waals surface area contributed by atoms with Crippen molar-refractivity contribution in [3.63, 3.8) is 0 Å². The quantitative estimate of drug-likeness (QED) is 0.832. The number of benzene rings is 2. The van der Waals surface area contributed by atoms with Crippen LogP contribution in [0.3, 0.4) is 0 Å². The van der Waals surface area contributed by atoms with E-state index < -0.39 is 0 Å². The fourth-order valence-electron chi connectivity index (χ4n) is 3.13. The Balaban J connectivity index is 1.80. The van der Waals surface area contributed by atoms with Gasteiger partial charge >= 0.3 is 0 Å². The van der Waals surface area contributed by atoms with E-state index in [4.69, 9.17) is 4.74 Å². The molecule has 0 bridgehead atoms. The molecule has 1 N–H and O–H groups in total. The number of carbonyl (C=O) groups is 2. The highest BCUT2D eigenvalue weighted by molar-refractivity contribution is 5.99. The Hall–Kier alpha value is -2.89. The predicted octanol–water partition coefficient (Wildman–Crippen LogP) is 4.13. The van der Waals surface area contributed by atoms with Crippen LogP contribution in [0.2, 0.25) is 0 Å². The van der Waals surface area contributed by atoms with Gasteiger partial charge in [-0.15, -0.1) is 0 Å². The van der Waals surface area contributed by atoms with Crippen molar-refractivity contribution in [3.05, 3.63) is 53.8 Å². The normalized spacial score (nSPS) is 13.3. The van der Waals surface area contributed by atoms with Crippen molar-refractivity contribution in [3.8, 4) is 5.75 Å². The summed E-state index contributed by atoms with van der Waals surface area (Å²) in [6.07, 6.45) is 1.56. The van der Waals surface area contributed by atoms with E-state index in [9.17, 15) is 14.0 Å². The summed E-state index contributed by atoms with van der Waals surface area (Å²) in [5, 5.41) is 2.91. The molecule has 0 fully saturated rings. The Morgan fingerprint density at radius 3 is 2.56 bits per heavy atom. The number of hydrogen-bond acceptors (Lipinski definition) is 3. The minimum absolute atomic E-state index is 0.0185. The van der Waals surface area contributed by atoms with E-state index in [2.05, 4.69) is 5.32 Å². The van der Waals surface area contributed by atoms with Gasteiger partial charge in [-0.3, -0.25) is 9.59 Å². The van der Waals surface area contributed by atoms with Gasteiger partial charge in [-0.1, -0.05) is 26.0 Å². The van der Waals surface area contributed by atoms with Crippen molar-refractivity contribution in [1.29, 1.82) is 0 Å². The summed E-state index contributed by atoms with van der Waals surface area (Å²) in [7, 11) is 0. The highest BCUT2D eigenvalue weighted by Crippen LogP contribution is 2.35. The van der Waals surface area contributed by atoms with Gasteiger partial charge in [0.15, 0.2) is 6.61 Å². The molecule has 2 amide bonds. The Bertz CT molecular complexity index is 832. The first-order chi connectivity index (χ1) is 13.0. The lowest BCUT2D eigenvalue weighted by Gasteiger charge is -2.30. The first-order valence-electron chi connectivity index (χ1n) is 9.14. The third-order valence-corrected chi connectivity index (χ3v) is 4.78. The Labute approximate surface area is 158 Å². The molecule has 0 radical (unpaired) electrons. The summed E-state index contributed by atoms with van der Waals surface area (Å²) in [5.74, 6) is 0.0125. The van der Waals surface area contributed by atoms with Gasteiger partial charge in [-0.2, -0.15) is 0 Å². The third-order valence-electron chi connectivity index (χ3n) is 4.78. The van der Waals surface area contributed by atoms with Crippen molar-refractivity contribution in [2.45, 2.75) is 33.2 Å². The largest absolute Gasteiger partial charge is 0.481 e. The molecule has 142 valence electrons. The molecule has 27 heavy (non-hydrogen) atoms. The zero-order valence-corrected chi connectivity index (χ0v) is 15.5. The van der Waals surface area contributed by atoms with Crippen LogP contribution in [-0.4, -0.2) is 18.4 Å². The van der Waals surface area contributed by atoms with Crippen LogP contribution in [0.25, 0.3) is 0 Å². The van der Waals surface area contributed by atoms with Crippen LogP contribution in [0.4, 0.5) is 15.8 Å². The standard InChI is InChI=1S/C21H23FN2O3/c1-3-15(4-2)21(26)23-17-9-10-18-19(11-17)27-13-20(25)24(18)12-14-5-7-16(22)8-6-14/h5-11,15H,3-4,12-13H2,1-2H3,(H,23,26). The number of nitrogens with one attached hydrogen (secondary N) is 1. The molecule has 0 aliphatic carbocycles. The number of fused-ring (bicyclic) bond motifs is 1. The molecule has 1 aliphatic heterocycles. The van der Waals surface area contributed by atoms with Gasteiger partial charge < -0.3 is 15.0 Å². The van der Waals surface area contributed by atoms with E-state index in [0.29, 0.717) is 23.7 Å². The fraction of sp³-hybridized carbons (Fsp3) is 0.333. The number of halogens is 1. The molecule has 0 spiro atoms. The molecule has 3 rings (SSSR count). The minimum atomic E-state index is -0.315. The van der Waals surface area contributed by atoms with E-state index in [1.165, 1.54) is 12.1 Å². The van der Waals surface area contributed by atoms with E-state index >= 15 is 0 Å². The van der Waals surface area contributed by atoms with Crippen molar-refractivity contribution in [2.24, 2.45) is 5.92 Å². The molecule has 0 aromatic heterocycles. The van der Waals surface area contributed by atoms with E-state index in [-0.39, 0.29) is 30.2 Å². The second-order valence-electron chi connectivity index (χ2n) is 6.58. The van der Waals surface area contributed by atoms with E-state index in [0.717, 1.165) is 18.4 Å². The molecule has 0 unspecified atom stereocenters. The molecule has 1 heterocycles. The maximum absolute atomic E-state index is 13.1. The van der Waals surface area contributed by atoms with Crippen LogP contribution in [-0.2, 0) is 16.1 Å². The van der Waals surface area contributed by atoms with E-state index in [1.54, 1.807) is 35.2 Å². The van der Waals surface area contributed by atoms with Crippen LogP contribution < -0.4 is 15.0 Å². The van der Waals surface area contributed by atoms with Gasteiger partial charge in [-0.05, 0) is 42.7 Å². The molecular formula is C21H23FN2O3. The number of hydrogen-bond donors (Lipinski definition) is 1. The Kier molecular flexibility index (Phi) is 5.74. The van der Waals surface area contributed by atoms with Crippen molar-refractivity contribution < 1.29 is 18.7 Å². The third kappa shape index (κ3) is 4.27. The lowest BCUT2D eigenvalue weighted by Crippen LogP contribution is -2.38. The van der Waals surface area contributed by atoms with Gasteiger partial charge in [0.25, 0.3) is 5.91 Å². The fourth-order valence-corrected chi connectivity index (χ4v) is 3.13. The van der Waals surface area contributed by atoms with Gasteiger partial charge in [-0.25, -0.2) is 4.39 Å². The molecule has 2 aromatic rings. The zero-order valence-electron chi connectivity index (χ0n) is 15.5. The predicted molar refractivity (Wildman–Crippen MR) is 102 cm³/mol. The molecule has 5 nitrogen and oxygen atoms in total. The highest BCUT2D eigenvalue weighted by atomic mass is 19.1. The number of amides is 2. The second-order valence-corrected chi connectivity index (χ2v) is 6.58. The summed E-state index contributed by atoms with van der Waals surface area (Å²) in [6.45, 7) is 4.23. The molecule has 0 saturated carbocycles. The maximum atomic E-state index is 13.1. The zero-order chi connectivity index (χ0) is 19.4. The number of anilines is 2. The molecule has 0 atom stereocenters. The minimum Gasteiger partial charge on any atom is -0.481 e. The molecule has 0 saturated heterocycles. The van der Waals surface area contributed by atoms with Crippen LogP contribution >= 0.6 is 0 Å². The van der Waals surface area contributed by atoms with Crippen molar-refractivity contribution >= 4 is 23.2 Å². The average Bonchev–Trinajstić information content (AvgIpc) is 2.66. The maximum Gasteiger partial charge on any atom is 0.265 e. The lowest BCUT2D eigenvalue weighted by molar-refractivity contribution is -0.121. The summed E-state index contributed by atoms with van der Waals surface area (Å²) in [4.78, 5) is 26.2. The highest BCUT2D eigenvalue weighted by Gasteiger charge is 2.26. The average molecular weight is 370 g/mol. The smallest absolute Gasteiger partial charge is 0.265 e. The van der Waals surface area contributed by atoms with Crippen molar-refractivity contribution in [2.75, 3.05) is 16.8 Å². The van der Waals surface area contributed by atoms with Crippen LogP contribution in [0.15, 0.2) is 42.5 Å². The van der Waals surface area contributed by atoms with Gasteiger partial charge in [0.2, 0.25) is 5.91 Å². The Morgan fingerprint density at radius 1 is 1.19 bits per heavy atom. The van der Waals surface area contributed by atoms with Crippen LogP contribution in [0, 0.1) is 11.7 Å². The van der Waals surface area contributed by atoms with Gasteiger partial charge in [0.1, 0.15) is 11.6 Å². The first-order valence-corrected chi connectivity index (χ1v) is 9.14. The summed E-state index contributed by atoms with van der Waals surface area (Å²) >= 11 is 0. The number of nitrogens with zero attached hydrogens (tertiary/aromatic N) is 1. The number of ether oxygens (including phenoxy) is 1. The lowest BCUT2D eigenvalue weighted by atomic mass is 10.0. The van der Waals surface area contributed by atoms with Crippen LogP contribution in [0.5, 0.6) is 5.75 Å². The topological polar surface area (TPSA) is 58.6 Å². The first kappa shape index (κ1) is 18.9. The molecule has 6 heteroatoms. The second kappa shape index (κ2) is 8.20. The van der Waals surface area contributed by atoms with Gasteiger partial charge in [0.05, 0.1) is 12.2 Å².